The van der Waals surface area contributed by atoms with Crippen molar-refractivity contribution in [3.63, 3.8) is 0 Å². The molecule has 0 saturated carbocycles. The summed E-state index contributed by atoms with van der Waals surface area (Å²) < 4.78 is 27.1. The quantitative estimate of drug-likeness (QED) is 0.828. The molecule has 0 amide bonds. The number of anilines is 1. The molecular weight excluding hydrogens is 316 g/mol. The largest absolute Gasteiger partial charge is 0.398 e. The van der Waals surface area contributed by atoms with E-state index in [4.69, 9.17) is 17.3 Å². The van der Waals surface area contributed by atoms with Gasteiger partial charge in [-0.1, -0.05) is 11.6 Å². The number of benzene rings is 1. The van der Waals surface area contributed by atoms with E-state index in [1.54, 1.807) is 24.3 Å². The molecule has 4 nitrogen and oxygen atoms in total. The lowest BCUT2D eigenvalue weighted by Crippen LogP contribution is -2.26. The Kier molecular flexibility index (Phi) is 4.70. The van der Waals surface area contributed by atoms with Gasteiger partial charge in [-0.15, -0.1) is 0 Å². The number of halogens is 1. The van der Waals surface area contributed by atoms with Crippen molar-refractivity contribution in [2.24, 2.45) is 0 Å². The van der Waals surface area contributed by atoms with E-state index in [9.17, 15) is 8.42 Å². The molecular formula is C13H15ClN2O2S2. The SMILES string of the molecule is Cc1c(N)cc(Cl)cc1S(=O)(=O)NCCc1ccsc1. The van der Waals surface area contributed by atoms with Crippen LogP contribution < -0.4 is 10.5 Å². The monoisotopic (exact) mass is 330 g/mol. The Hall–Kier alpha value is -1.08. The van der Waals surface area contributed by atoms with E-state index >= 15 is 0 Å². The van der Waals surface area contributed by atoms with Crippen LogP contribution in [-0.2, 0) is 16.4 Å². The van der Waals surface area contributed by atoms with Crippen molar-refractivity contribution in [2.45, 2.75) is 18.2 Å². The summed E-state index contributed by atoms with van der Waals surface area (Å²) in [6.45, 7) is 2.00. The average molecular weight is 331 g/mol. The van der Waals surface area contributed by atoms with Gasteiger partial charge in [-0.05, 0) is 53.4 Å². The summed E-state index contributed by atoms with van der Waals surface area (Å²) in [6, 6.07) is 4.93. The number of thiophene rings is 1. The molecule has 2 aromatic rings. The summed E-state index contributed by atoms with van der Waals surface area (Å²) in [5.74, 6) is 0. The van der Waals surface area contributed by atoms with Crippen LogP contribution in [0.15, 0.2) is 33.9 Å². The predicted octanol–water partition coefficient (Wildman–Crippen LogP) is 2.81. The minimum atomic E-state index is -3.60. The summed E-state index contributed by atoms with van der Waals surface area (Å²) in [5.41, 5.74) is 7.74. The van der Waals surface area contributed by atoms with Gasteiger partial charge in [-0.3, -0.25) is 0 Å². The fourth-order valence-electron chi connectivity index (χ4n) is 1.80. The normalized spacial score (nSPS) is 11.7. The molecule has 0 spiro atoms. The van der Waals surface area contributed by atoms with Crippen molar-refractivity contribution in [1.29, 1.82) is 0 Å². The molecule has 0 aliphatic heterocycles. The maximum absolute atomic E-state index is 12.3. The number of nitrogen functional groups attached to an aromatic ring is 1. The number of hydrogen-bond donors (Lipinski definition) is 2. The van der Waals surface area contributed by atoms with Crippen LogP contribution in [0.5, 0.6) is 0 Å². The lowest BCUT2D eigenvalue weighted by Gasteiger charge is -2.11. The molecule has 20 heavy (non-hydrogen) atoms. The summed E-state index contributed by atoms with van der Waals surface area (Å²) >= 11 is 7.46. The van der Waals surface area contributed by atoms with Crippen molar-refractivity contribution < 1.29 is 8.42 Å². The van der Waals surface area contributed by atoms with Gasteiger partial charge in [0.25, 0.3) is 0 Å². The van der Waals surface area contributed by atoms with E-state index in [-0.39, 0.29) is 4.90 Å². The van der Waals surface area contributed by atoms with Gasteiger partial charge in [0.2, 0.25) is 10.0 Å². The van der Waals surface area contributed by atoms with Gasteiger partial charge in [0, 0.05) is 17.3 Å². The van der Waals surface area contributed by atoms with Crippen molar-refractivity contribution in [2.75, 3.05) is 12.3 Å². The van der Waals surface area contributed by atoms with Crippen molar-refractivity contribution >= 4 is 38.6 Å². The topological polar surface area (TPSA) is 72.2 Å². The van der Waals surface area contributed by atoms with Crippen LogP contribution in [0.3, 0.4) is 0 Å². The second kappa shape index (κ2) is 6.13. The Balaban J connectivity index is 2.14. The molecule has 2 rings (SSSR count). The first kappa shape index (κ1) is 15.3. The fourth-order valence-corrected chi connectivity index (χ4v) is 4.12. The number of nitrogens with two attached hydrogens (primary N) is 1. The molecule has 1 aromatic carbocycles. The number of sulfonamides is 1. The molecule has 0 bridgehead atoms. The zero-order valence-corrected chi connectivity index (χ0v) is 13.3. The molecule has 0 radical (unpaired) electrons. The first-order valence-corrected chi connectivity index (χ1v) is 8.77. The highest BCUT2D eigenvalue weighted by atomic mass is 35.5. The minimum absolute atomic E-state index is 0.132. The molecule has 1 heterocycles. The predicted molar refractivity (Wildman–Crippen MR) is 83.8 cm³/mol. The van der Waals surface area contributed by atoms with Gasteiger partial charge in [0.15, 0.2) is 0 Å². The molecule has 0 aliphatic carbocycles. The van der Waals surface area contributed by atoms with Gasteiger partial charge in [-0.2, -0.15) is 11.3 Å². The molecule has 0 saturated heterocycles. The second-order valence-electron chi connectivity index (χ2n) is 4.40. The summed E-state index contributed by atoms with van der Waals surface area (Å²) in [4.78, 5) is 0.132. The zero-order valence-electron chi connectivity index (χ0n) is 10.9. The summed E-state index contributed by atoms with van der Waals surface area (Å²) in [6.07, 6.45) is 0.651. The van der Waals surface area contributed by atoms with E-state index in [0.29, 0.717) is 29.2 Å². The van der Waals surface area contributed by atoms with Gasteiger partial charge in [-0.25, -0.2) is 13.1 Å². The maximum atomic E-state index is 12.3. The number of rotatable bonds is 5. The van der Waals surface area contributed by atoms with Gasteiger partial charge < -0.3 is 5.73 Å². The van der Waals surface area contributed by atoms with E-state index in [1.807, 2.05) is 16.8 Å². The number of hydrogen-bond acceptors (Lipinski definition) is 4. The van der Waals surface area contributed by atoms with Gasteiger partial charge in [0.1, 0.15) is 0 Å². The zero-order chi connectivity index (χ0) is 14.8. The maximum Gasteiger partial charge on any atom is 0.240 e. The van der Waals surface area contributed by atoms with Crippen LogP contribution in [0.2, 0.25) is 5.02 Å². The third kappa shape index (κ3) is 3.52. The minimum Gasteiger partial charge on any atom is -0.398 e. The number of nitrogens with one attached hydrogen (secondary N) is 1. The highest BCUT2D eigenvalue weighted by molar-refractivity contribution is 7.89. The Labute approximate surface area is 127 Å². The Bertz CT molecular complexity index is 697. The van der Waals surface area contributed by atoms with Crippen molar-refractivity contribution in [1.82, 2.24) is 4.72 Å². The van der Waals surface area contributed by atoms with Crippen LogP contribution in [0.4, 0.5) is 5.69 Å². The third-order valence-electron chi connectivity index (χ3n) is 2.94. The third-order valence-corrected chi connectivity index (χ3v) is 5.48. The highest BCUT2D eigenvalue weighted by Crippen LogP contribution is 2.25. The molecule has 0 aliphatic rings. The van der Waals surface area contributed by atoms with E-state index in [2.05, 4.69) is 4.72 Å². The van der Waals surface area contributed by atoms with Gasteiger partial charge >= 0.3 is 0 Å². The van der Waals surface area contributed by atoms with Crippen LogP contribution in [0, 0.1) is 6.92 Å². The molecule has 0 unspecified atom stereocenters. The molecule has 0 fully saturated rings. The van der Waals surface area contributed by atoms with Crippen LogP contribution >= 0.6 is 22.9 Å². The molecule has 3 N–H and O–H groups in total. The smallest absolute Gasteiger partial charge is 0.240 e. The Morgan fingerprint density at radius 3 is 2.80 bits per heavy atom. The molecule has 7 heteroatoms. The fraction of sp³-hybridized carbons (Fsp3) is 0.231. The van der Waals surface area contributed by atoms with Crippen LogP contribution in [0.1, 0.15) is 11.1 Å². The highest BCUT2D eigenvalue weighted by Gasteiger charge is 2.18. The van der Waals surface area contributed by atoms with Crippen LogP contribution in [-0.4, -0.2) is 15.0 Å². The lowest BCUT2D eigenvalue weighted by molar-refractivity contribution is 0.581. The first-order valence-electron chi connectivity index (χ1n) is 5.96. The van der Waals surface area contributed by atoms with E-state index in [0.717, 1.165) is 5.56 Å². The molecule has 108 valence electrons. The van der Waals surface area contributed by atoms with Crippen molar-refractivity contribution in [3.8, 4) is 0 Å². The summed E-state index contributed by atoms with van der Waals surface area (Å²) in [5, 5.41) is 4.27. The standard InChI is InChI=1S/C13H15ClN2O2S2/c1-9-12(15)6-11(14)7-13(9)20(17,18)16-4-2-10-3-5-19-8-10/h3,5-8,16H,2,4,15H2,1H3. The van der Waals surface area contributed by atoms with E-state index < -0.39 is 10.0 Å². The average Bonchev–Trinajstić information content (AvgIpc) is 2.86. The van der Waals surface area contributed by atoms with Crippen LogP contribution in [0.25, 0.3) is 0 Å². The Morgan fingerprint density at radius 2 is 2.15 bits per heavy atom. The summed E-state index contributed by atoms with van der Waals surface area (Å²) in [7, 11) is -3.60. The molecule has 1 aromatic heterocycles. The Morgan fingerprint density at radius 1 is 1.40 bits per heavy atom. The van der Waals surface area contributed by atoms with Crippen molar-refractivity contribution in [3.05, 3.63) is 45.1 Å². The first-order chi connectivity index (χ1) is 9.40. The van der Waals surface area contributed by atoms with Gasteiger partial charge in [0.05, 0.1) is 4.90 Å². The van der Waals surface area contributed by atoms with E-state index in [1.165, 1.54) is 6.07 Å². The lowest BCUT2D eigenvalue weighted by atomic mass is 10.2. The second-order valence-corrected chi connectivity index (χ2v) is 7.35. The molecule has 0 atom stereocenters.